The summed E-state index contributed by atoms with van der Waals surface area (Å²) in [4.78, 5) is 12.7. The second-order valence-electron chi connectivity index (χ2n) is 6.38. The van der Waals surface area contributed by atoms with Gasteiger partial charge in [0.25, 0.3) is 15.9 Å². The van der Waals surface area contributed by atoms with Crippen molar-refractivity contribution < 1.29 is 13.2 Å². The van der Waals surface area contributed by atoms with Crippen molar-refractivity contribution in [2.45, 2.75) is 18.7 Å². The lowest BCUT2D eigenvalue weighted by Gasteiger charge is -2.13. The van der Waals surface area contributed by atoms with Crippen LogP contribution >= 0.6 is 11.6 Å². The van der Waals surface area contributed by atoms with Gasteiger partial charge in [0.15, 0.2) is 0 Å². The van der Waals surface area contributed by atoms with Crippen molar-refractivity contribution in [2.75, 3.05) is 10.0 Å². The summed E-state index contributed by atoms with van der Waals surface area (Å²) in [5, 5.41) is 3.15. The molecule has 3 aromatic rings. The first kappa shape index (κ1) is 19.9. The third kappa shape index (κ3) is 4.52. The number of halogens is 1. The van der Waals surface area contributed by atoms with E-state index in [-0.39, 0.29) is 10.8 Å². The van der Waals surface area contributed by atoms with Crippen LogP contribution in [-0.2, 0) is 10.0 Å². The molecule has 0 unspecified atom stereocenters. The van der Waals surface area contributed by atoms with E-state index in [2.05, 4.69) is 10.0 Å². The van der Waals surface area contributed by atoms with Gasteiger partial charge in [-0.1, -0.05) is 47.5 Å². The minimum Gasteiger partial charge on any atom is -0.321 e. The largest absolute Gasteiger partial charge is 0.321 e. The van der Waals surface area contributed by atoms with Crippen molar-refractivity contribution in [2.24, 2.45) is 0 Å². The minimum absolute atomic E-state index is 0.156. The van der Waals surface area contributed by atoms with Gasteiger partial charge in [0.2, 0.25) is 0 Å². The first-order valence-corrected chi connectivity index (χ1v) is 10.4. The number of carbonyl (C=O) groups is 1. The Morgan fingerprint density at radius 3 is 2.25 bits per heavy atom. The zero-order chi connectivity index (χ0) is 20.3. The molecular formula is C21H19ClN2O3S. The van der Waals surface area contributed by atoms with Gasteiger partial charge in [0, 0.05) is 5.56 Å². The molecule has 2 N–H and O–H groups in total. The first-order valence-electron chi connectivity index (χ1n) is 8.52. The van der Waals surface area contributed by atoms with E-state index in [0.717, 1.165) is 5.56 Å². The number of hydrogen-bond acceptors (Lipinski definition) is 3. The van der Waals surface area contributed by atoms with Crippen LogP contribution in [0.15, 0.2) is 71.6 Å². The Morgan fingerprint density at radius 1 is 0.893 bits per heavy atom. The van der Waals surface area contributed by atoms with Gasteiger partial charge in [-0.2, -0.15) is 0 Å². The van der Waals surface area contributed by atoms with Crippen LogP contribution in [0.4, 0.5) is 11.4 Å². The van der Waals surface area contributed by atoms with E-state index in [1.54, 1.807) is 67.6 Å². The van der Waals surface area contributed by atoms with Gasteiger partial charge in [-0.05, 0) is 55.8 Å². The molecule has 144 valence electrons. The predicted molar refractivity (Wildman–Crippen MR) is 113 cm³/mol. The van der Waals surface area contributed by atoms with Gasteiger partial charge >= 0.3 is 0 Å². The molecule has 0 aromatic heterocycles. The van der Waals surface area contributed by atoms with Crippen LogP contribution in [0.3, 0.4) is 0 Å². The average molecular weight is 415 g/mol. The summed E-state index contributed by atoms with van der Waals surface area (Å²) in [6.07, 6.45) is 0. The summed E-state index contributed by atoms with van der Waals surface area (Å²) in [5.41, 5.74) is 2.80. The molecule has 3 aromatic carbocycles. The highest BCUT2D eigenvalue weighted by atomic mass is 35.5. The van der Waals surface area contributed by atoms with Gasteiger partial charge in [0.05, 0.1) is 21.3 Å². The molecule has 0 saturated carbocycles. The lowest BCUT2D eigenvalue weighted by Crippen LogP contribution is -2.16. The second kappa shape index (κ2) is 8.04. The monoisotopic (exact) mass is 414 g/mol. The summed E-state index contributed by atoms with van der Waals surface area (Å²) in [5.74, 6) is -0.385. The average Bonchev–Trinajstić information content (AvgIpc) is 2.65. The van der Waals surface area contributed by atoms with E-state index in [9.17, 15) is 13.2 Å². The number of sulfonamides is 1. The van der Waals surface area contributed by atoms with Crippen LogP contribution in [-0.4, -0.2) is 14.3 Å². The molecule has 0 aliphatic carbocycles. The molecule has 0 atom stereocenters. The van der Waals surface area contributed by atoms with E-state index in [0.29, 0.717) is 27.5 Å². The van der Waals surface area contributed by atoms with E-state index in [4.69, 9.17) is 11.6 Å². The molecule has 0 bridgehead atoms. The lowest BCUT2D eigenvalue weighted by molar-refractivity contribution is 0.102. The summed E-state index contributed by atoms with van der Waals surface area (Å²) in [7, 11) is -3.76. The third-order valence-corrected chi connectivity index (χ3v) is 5.91. The summed E-state index contributed by atoms with van der Waals surface area (Å²) in [6.45, 7) is 3.65. The normalized spacial score (nSPS) is 11.1. The Kier molecular flexibility index (Phi) is 5.72. The third-order valence-electron chi connectivity index (χ3n) is 4.20. The SMILES string of the molecule is Cc1ccc(S(=O)(=O)Nc2cc(C(=O)Nc3ccccc3Cl)ccc2C)cc1. The molecule has 28 heavy (non-hydrogen) atoms. The van der Waals surface area contributed by atoms with E-state index < -0.39 is 10.0 Å². The van der Waals surface area contributed by atoms with E-state index in [1.165, 1.54) is 6.07 Å². The zero-order valence-corrected chi connectivity index (χ0v) is 16.9. The van der Waals surface area contributed by atoms with Crippen molar-refractivity contribution in [1.82, 2.24) is 0 Å². The Balaban J connectivity index is 1.86. The number of amides is 1. The number of aryl methyl sites for hydroxylation is 2. The van der Waals surface area contributed by atoms with Crippen LogP contribution in [0.5, 0.6) is 0 Å². The van der Waals surface area contributed by atoms with Gasteiger partial charge in [-0.25, -0.2) is 8.42 Å². The topological polar surface area (TPSA) is 75.3 Å². The molecule has 0 saturated heterocycles. The van der Waals surface area contributed by atoms with Crippen molar-refractivity contribution in [3.63, 3.8) is 0 Å². The lowest BCUT2D eigenvalue weighted by atomic mass is 10.1. The van der Waals surface area contributed by atoms with Crippen LogP contribution in [0.1, 0.15) is 21.5 Å². The van der Waals surface area contributed by atoms with Gasteiger partial charge < -0.3 is 5.32 Å². The Hall–Kier alpha value is -2.83. The van der Waals surface area contributed by atoms with Crippen LogP contribution < -0.4 is 10.0 Å². The van der Waals surface area contributed by atoms with Gasteiger partial charge in [-0.3, -0.25) is 9.52 Å². The molecule has 1 amide bonds. The molecule has 0 aliphatic rings. The number of benzene rings is 3. The minimum atomic E-state index is -3.76. The highest BCUT2D eigenvalue weighted by Gasteiger charge is 2.17. The van der Waals surface area contributed by atoms with E-state index in [1.807, 2.05) is 6.92 Å². The molecule has 7 heteroatoms. The molecule has 0 spiro atoms. The molecule has 3 rings (SSSR count). The standard InChI is InChI=1S/C21H19ClN2O3S/c1-14-7-11-17(12-8-14)28(26,27)24-20-13-16(10-9-15(20)2)21(25)23-19-6-4-3-5-18(19)22/h3-13,24H,1-2H3,(H,23,25). The van der Waals surface area contributed by atoms with Crippen molar-refractivity contribution in [3.05, 3.63) is 88.4 Å². The van der Waals surface area contributed by atoms with Crippen molar-refractivity contribution in [3.8, 4) is 0 Å². The second-order valence-corrected chi connectivity index (χ2v) is 8.47. The molecule has 0 radical (unpaired) electrons. The molecular weight excluding hydrogens is 396 g/mol. The zero-order valence-electron chi connectivity index (χ0n) is 15.4. The summed E-state index contributed by atoms with van der Waals surface area (Å²) < 4.78 is 27.9. The van der Waals surface area contributed by atoms with Gasteiger partial charge in [-0.15, -0.1) is 0 Å². The number of rotatable bonds is 5. The maximum absolute atomic E-state index is 12.7. The van der Waals surface area contributed by atoms with Gasteiger partial charge in [0.1, 0.15) is 0 Å². The fraction of sp³-hybridized carbons (Fsp3) is 0.0952. The number of anilines is 2. The van der Waals surface area contributed by atoms with Crippen molar-refractivity contribution >= 4 is 38.9 Å². The summed E-state index contributed by atoms with van der Waals surface area (Å²) in [6, 6.07) is 18.3. The molecule has 0 aliphatic heterocycles. The predicted octanol–water partition coefficient (Wildman–Crippen LogP) is 5.01. The molecule has 5 nitrogen and oxygen atoms in total. The summed E-state index contributed by atoms with van der Waals surface area (Å²) >= 11 is 6.07. The number of carbonyl (C=O) groups excluding carboxylic acids is 1. The fourth-order valence-corrected chi connectivity index (χ4v) is 3.86. The fourth-order valence-electron chi connectivity index (χ4n) is 2.55. The highest BCUT2D eigenvalue weighted by molar-refractivity contribution is 7.92. The smallest absolute Gasteiger partial charge is 0.261 e. The first-order chi connectivity index (χ1) is 13.3. The van der Waals surface area contributed by atoms with Crippen LogP contribution in [0.25, 0.3) is 0 Å². The van der Waals surface area contributed by atoms with Crippen LogP contribution in [0, 0.1) is 13.8 Å². The number of nitrogens with one attached hydrogen (secondary N) is 2. The molecule has 0 heterocycles. The molecule has 0 fully saturated rings. The van der Waals surface area contributed by atoms with Crippen molar-refractivity contribution in [1.29, 1.82) is 0 Å². The maximum atomic E-state index is 12.7. The quantitative estimate of drug-likeness (QED) is 0.616. The Bertz CT molecular complexity index is 1130. The Labute approximate surface area is 169 Å². The number of para-hydroxylation sites is 1. The highest BCUT2D eigenvalue weighted by Crippen LogP contribution is 2.24. The van der Waals surface area contributed by atoms with E-state index >= 15 is 0 Å². The maximum Gasteiger partial charge on any atom is 0.261 e. The van der Waals surface area contributed by atoms with Crippen LogP contribution in [0.2, 0.25) is 5.02 Å². The Morgan fingerprint density at radius 2 is 1.57 bits per heavy atom. The number of hydrogen-bond donors (Lipinski definition) is 2.